The van der Waals surface area contributed by atoms with Crippen molar-refractivity contribution in [1.29, 1.82) is 0 Å². The lowest BCUT2D eigenvalue weighted by atomic mass is 10.1. The molecule has 2 aliphatic rings. The number of aromatic nitrogens is 2. The first-order valence-corrected chi connectivity index (χ1v) is 11.1. The van der Waals surface area contributed by atoms with Crippen molar-refractivity contribution >= 4 is 34.0 Å². The zero-order chi connectivity index (χ0) is 22.8. The Hall–Kier alpha value is -3.89. The number of benzene rings is 2. The van der Waals surface area contributed by atoms with E-state index in [-0.39, 0.29) is 5.91 Å². The van der Waals surface area contributed by atoms with Crippen molar-refractivity contribution in [2.75, 3.05) is 37.0 Å². The predicted molar refractivity (Wildman–Crippen MR) is 130 cm³/mol. The molecule has 0 unspecified atom stereocenters. The molecule has 2 aromatic carbocycles. The molecule has 0 bridgehead atoms. The number of hydrogen-bond acceptors (Lipinski definition) is 6. The van der Waals surface area contributed by atoms with Gasteiger partial charge in [0, 0.05) is 29.9 Å². The number of likely N-dealkylation sites (N-methyl/N-ethyl adjacent to an activating group) is 1. The van der Waals surface area contributed by atoms with Gasteiger partial charge in [-0.3, -0.25) is 9.69 Å². The van der Waals surface area contributed by atoms with Gasteiger partial charge in [-0.25, -0.2) is 9.97 Å². The van der Waals surface area contributed by atoms with Gasteiger partial charge in [0.25, 0.3) is 5.91 Å². The summed E-state index contributed by atoms with van der Waals surface area (Å²) in [5.74, 6) is 3.78. The minimum absolute atomic E-state index is 0.0591. The van der Waals surface area contributed by atoms with E-state index in [2.05, 4.69) is 33.2 Å². The van der Waals surface area contributed by atoms with Crippen LogP contribution in [0.15, 0.2) is 54.9 Å². The summed E-state index contributed by atoms with van der Waals surface area (Å²) in [6.45, 7) is 1.65. The standard InChI is InChI=1S/C26H25N5O2/c1-3-18-6-4-7-19(16-18)29-26-24-21(27-17-28-26)11-12-22-25(24)33-15-14-31(22)23(32)8-5-13-30(2)20-9-10-20/h1,4-8,11-12,16-17,20H,9-10,13-15H2,2H3,(H,27,28,29)/b8-5+. The van der Waals surface area contributed by atoms with Gasteiger partial charge in [-0.05, 0) is 50.2 Å². The van der Waals surface area contributed by atoms with Crippen LogP contribution in [-0.2, 0) is 4.79 Å². The van der Waals surface area contributed by atoms with E-state index < -0.39 is 0 Å². The SMILES string of the molecule is C#Cc1cccc(Nc2ncnc3ccc4c(c23)OCCN4C(=O)/C=C/CN(C)C2CC2)c1. The van der Waals surface area contributed by atoms with Crippen LogP contribution in [0.2, 0.25) is 0 Å². The maximum Gasteiger partial charge on any atom is 0.250 e. The summed E-state index contributed by atoms with van der Waals surface area (Å²) >= 11 is 0. The summed E-state index contributed by atoms with van der Waals surface area (Å²) in [6, 6.07) is 12.0. The Labute approximate surface area is 193 Å². The highest BCUT2D eigenvalue weighted by molar-refractivity contribution is 6.07. The molecule has 7 heteroatoms. The van der Waals surface area contributed by atoms with Gasteiger partial charge in [-0.1, -0.05) is 18.1 Å². The third-order valence-corrected chi connectivity index (χ3v) is 5.97. The number of hydrogen-bond donors (Lipinski definition) is 1. The van der Waals surface area contributed by atoms with Crippen LogP contribution in [0.3, 0.4) is 0 Å². The second kappa shape index (κ2) is 8.93. The third kappa shape index (κ3) is 4.38. The fourth-order valence-corrected chi connectivity index (χ4v) is 4.05. The molecule has 2 heterocycles. The molecule has 0 atom stereocenters. The summed E-state index contributed by atoms with van der Waals surface area (Å²) in [5.41, 5.74) is 3.03. The zero-order valence-electron chi connectivity index (χ0n) is 18.5. The van der Waals surface area contributed by atoms with Crippen LogP contribution in [0.5, 0.6) is 5.75 Å². The van der Waals surface area contributed by atoms with Crippen LogP contribution in [-0.4, -0.2) is 53.6 Å². The van der Waals surface area contributed by atoms with E-state index in [4.69, 9.17) is 11.2 Å². The van der Waals surface area contributed by atoms with E-state index in [1.165, 1.54) is 19.2 Å². The minimum atomic E-state index is -0.0591. The molecule has 33 heavy (non-hydrogen) atoms. The molecule has 166 valence electrons. The number of rotatable bonds is 6. The lowest BCUT2D eigenvalue weighted by molar-refractivity contribution is -0.114. The van der Waals surface area contributed by atoms with Crippen molar-refractivity contribution in [3.63, 3.8) is 0 Å². The van der Waals surface area contributed by atoms with Gasteiger partial charge in [0.15, 0.2) is 5.75 Å². The third-order valence-electron chi connectivity index (χ3n) is 5.97. The van der Waals surface area contributed by atoms with Crippen LogP contribution in [0.1, 0.15) is 18.4 Å². The normalized spacial score (nSPS) is 15.4. The fourth-order valence-electron chi connectivity index (χ4n) is 4.05. The average Bonchev–Trinajstić information content (AvgIpc) is 3.69. The van der Waals surface area contributed by atoms with E-state index in [0.29, 0.717) is 36.4 Å². The number of ether oxygens (including phenoxy) is 1. The Morgan fingerprint density at radius 2 is 2.21 bits per heavy atom. The molecule has 1 N–H and O–H groups in total. The van der Waals surface area contributed by atoms with Crippen molar-refractivity contribution in [2.45, 2.75) is 18.9 Å². The molecule has 0 saturated heterocycles. The number of nitrogens with zero attached hydrogens (tertiary/aromatic N) is 4. The maximum absolute atomic E-state index is 13.0. The highest BCUT2D eigenvalue weighted by atomic mass is 16.5. The quantitative estimate of drug-likeness (QED) is 0.466. The number of carbonyl (C=O) groups is 1. The average molecular weight is 440 g/mol. The molecule has 3 aromatic rings. The summed E-state index contributed by atoms with van der Waals surface area (Å²) in [6.07, 6.45) is 13.1. The van der Waals surface area contributed by atoms with Gasteiger partial charge in [-0.2, -0.15) is 0 Å². The van der Waals surface area contributed by atoms with Crippen LogP contribution < -0.4 is 15.0 Å². The zero-order valence-corrected chi connectivity index (χ0v) is 18.5. The maximum atomic E-state index is 13.0. The number of amides is 1. The minimum Gasteiger partial charge on any atom is -0.489 e. The number of nitrogens with one attached hydrogen (secondary N) is 1. The Morgan fingerprint density at radius 3 is 3.03 bits per heavy atom. The van der Waals surface area contributed by atoms with Gasteiger partial charge < -0.3 is 15.0 Å². The van der Waals surface area contributed by atoms with Crippen molar-refractivity contribution in [3.8, 4) is 18.1 Å². The second-order valence-electron chi connectivity index (χ2n) is 8.29. The second-order valence-corrected chi connectivity index (χ2v) is 8.29. The van der Waals surface area contributed by atoms with Crippen molar-refractivity contribution in [2.24, 2.45) is 0 Å². The molecule has 1 aliphatic carbocycles. The first-order valence-electron chi connectivity index (χ1n) is 11.1. The van der Waals surface area contributed by atoms with Gasteiger partial charge >= 0.3 is 0 Å². The van der Waals surface area contributed by atoms with Crippen molar-refractivity contribution in [3.05, 3.63) is 60.4 Å². The molecule has 0 radical (unpaired) electrons. The number of fused-ring (bicyclic) bond motifs is 3. The Morgan fingerprint density at radius 1 is 1.33 bits per heavy atom. The molecule has 7 nitrogen and oxygen atoms in total. The highest BCUT2D eigenvalue weighted by Crippen LogP contribution is 2.41. The molecule has 1 aliphatic heterocycles. The summed E-state index contributed by atoms with van der Waals surface area (Å²) in [4.78, 5) is 25.9. The first-order chi connectivity index (χ1) is 16.1. The molecule has 1 aromatic heterocycles. The largest absolute Gasteiger partial charge is 0.489 e. The predicted octanol–water partition coefficient (Wildman–Crippen LogP) is 3.73. The van der Waals surface area contributed by atoms with Gasteiger partial charge in [0.2, 0.25) is 0 Å². The van der Waals surface area contributed by atoms with Gasteiger partial charge in [0.05, 0.1) is 23.1 Å². The van der Waals surface area contributed by atoms with Crippen molar-refractivity contribution < 1.29 is 9.53 Å². The summed E-state index contributed by atoms with van der Waals surface area (Å²) in [7, 11) is 2.09. The molecule has 0 spiro atoms. The molecule has 5 rings (SSSR count). The first kappa shape index (κ1) is 21.0. The molecule has 1 fully saturated rings. The van der Waals surface area contributed by atoms with E-state index in [1.54, 1.807) is 11.0 Å². The van der Waals surface area contributed by atoms with Crippen LogP contribution in [0.25, 0.3) is 10.9 Å². The van der Waals surface area contributed by atoms with Crippen LogP contribution in [0, 0.1) is 12.3 Å². The van der Waals surface area contributed by atoms with E-state index in [0.717, 1.165) is 28.7 Å². The van der Waals surface area contributed by atoms with Gasteiger partial charge in [-0.15, -0.1) is 6.42 Å². The smallest absolute Gasteiger partial charge is 0.250 e. The van der Waals surface area contributed by atoms with E-state index in [9.17, 15) is 4.79 Å². The topological polar surface area (TPSA) is 70.6 Å². The molecule has 1 amide bonds. The lowest BCUT2D eigenvalue weighted by Gasteiger charge is -2.30. The van der Waals surface area contributed by atoms with E-state index in [1.807, 2.05) is 42.5 Å². The molecule has 1 saturated carbocycles. The Balaban J connectivity index is 1.46. The Kier molecular flexibility index (Phi) is 5.68. The van der Waals surface area contributed by atoms with E-state index >= 15 is 0 Å². The number of anilines is 3. The number of carbonyl (C=O) groups excluding carboxylic acids is 1. The molecular weight excluding hydrogens is 414 g/mol. The van der Waals surface area contributed by atoms with Crippen LogP contribution in [0.4, 0.5) is 17.2 Å². The fraction of sp³-hybridized carbons (Fsp3) is 0.269. The highest BCUT2D eigenvalue weighted by Gasteiger charge is 2.27. The molecular formula is C26H25N5O2. The number of terminal acetylenes is 1. The monoisotopic (exact) mass is 439 g/mol. The van der Waals surface area contributed by atoms with Crippen LogP contribution >= 0.6 is 0 Å². The Bertz CT molecular complexity index is 1280. The summed E-state index contributed by atoms with van der Waals surface area (Å²) in [5, 5.41) is 4.06. The van der Waals surface area contributed by atoms with Gasteiger partial charge in [0.1, 0.15) is 18.8 Å². The van der Waals surface area contributed by atoms with Crippen molar-refractivity contribution in [1.82, 2.24) is 14.9 Å². The lowest BCUT2D eigenvalue weighted by Crippen LogP contribution is -2.37. The summed E-state index contributed by atoms with van der Waals surface area (Å²) < 4.78 is 6.04.